The first kappa shape index (κ1) is 12.4. The Morgan fingerprint density at radius 3 is 2.00 bits per heavy atom. The zero-order chi connectivity index (χ0) is 8.53. The van der Waals surface area contributed by atoms with Gasteiger partial charge in [-0.15, -0.1) is 0 Å². The van der Waals surface area contributed by atoms with Gasteiger partial charge in [0.15, 0.2) is 0 Å². The quantitative estimate of drug-likeness (QED) is 0.492. The van der Waals surface area contributed by atoms with E-state index in [1.54, 1.807) is 0 Å². The first-order chi connectivity index (χ1) is 5.27. The molecule has 0 atom stereocenters. The maximum absolute atomic E-state index is 5.79. The van der Waals surface area contributed by atoms with Gasteiger partial charge in [-0.2, -0.15) is 0 Å². The Labute approximate surface area is 84.8 Å². The van der Waals surface area contributed by atoms with Crippen molar-refractivity contribution in [2.24, 2.45) is 0 Å². The Balaban J connectivity index is 2.80. The Morgan fingerprint density at radius 1 is 0.909 bits per heavy atom. The summed E-state index contributed by atoms with van der Waals surface area (Å²) < 4.78 is 1.16. The van der Waals surface area contributed by atoms with Crippen LogP contribution in [0.25, 0.3) is 0 Å². The molecule has 0 aliphatic rings. The fraction of sp³-hybridized carbons (Fsp3) is 1.00. The molecule has 0 radical (unpaired) electrons. The van der Waals surface area contributed by atoms with Gasteiger partial charge in [0.2, 0.25) is 0 Å². The van der Waals surface area contributed by atoms with Gasteiger partial charge in [-0.05, 0) is 0 Å². The van der Waals surface area contributed by atoms with Crippen LogP contribution in [-0.2, 0) is 0 Å². The van der Waals surface area contributed by atoms with Gasteiger partial charge in [0.05, 0.1) is 0 Å². The summed E-state index contributed by atoms with van der Waals surface area (Å²) in [6.07, 6.45) is 8.09. The average molecular weight is 304 g/mol. The van der Waals surface area contributed by atoms with E-state index in [0.717, 1.165) is 4.44 Å². The standard InChI is InChI=1S/C8H17.2ClH.Sn.H/c1-3-5-7-8-6-4-2;;;;/h1,3-8H2,2H3;2*1H;;/q;;;+2;/p-2. The molecule has 0 aromatic carbocycles. The predicted octanol–water partition coefficient (Wildman–Crippen LogP) is 4.05. The molecule has 68 valence electrons. The topological polar surface area (TPSA) is 0 Å². The maximum atomic E-state index is 5.79. The second-order valence-electron chi connectivity index (χ2n) is 2.95. The van der Waals surface area contributed by atoms with Crippen molar-refractivity contribution in [2.75, 3.05) is 0 Å². The molecule has 0 saturated carbocycles. The zero-order valence-electron chi connectivity index (χ0n) is 7.28. The first-order valence-electron chi connectivity index (χ1n) is 4.55. The van der Waals surface area contributed by atoms with Gasteiger partial charge in [-0.3, -0.25) is 0 Å². The van der Waals surface area contributed by atoms with E-state index in [1.807, 2.05) is 0 Å². The normalized spacial score (nSPS) is 10.9. The van der Waals surface area contributed by atoms with E-state index < -0.39 is 17.5 Å². The molecule has 0 saturated heterocycles. The summed E-state index contributed by atoms with van der Waals surface area (Å²) in [5, 5.41) is 0. The van der Waals surface area contributed by atoms with Crippen LogP contribution < -0.4 is 0 Å². The molecule has 0 aromatic rings. The van der Waals surface area contributed by atoms with Crippen molar-refractivity contribution >= 4 is 35.3 Å². The van der Waals surface area contributed by atoms with Crippen LogP contribution in [0.1, 0.15) is 45.4 Å². The van der Waals surface area contributed by atoms with Gasteiger partial charge in [-0.25, -0.2) is 0 Å². The Bertz CT molecular complexity index is 76.5. The first-order valence-corrected chi connectivity index (χ1v) is 15.2. The predicted molar refractivity (Wildman–Crippen MR) is 57.0 cm³/mol. The summed E-state index contributed by atoms with van der Waals surface area (Å²) in [6, 6.07) is 0. The molecule has 0 N–H and O–H groups in total. The van der Waals surface area contributed by atoms with Crippen LogP contribution >= 0.6 is 17.8 Å². The molecule has 0 aromatic heterocycles. The molecule has 0 unspecified atom stereocenters. The Hall–Kier alpha value is 1.38. The molecule has 0 heterocycles. The minimum atomic E-state index is -1.87. The van der Waals surface area contributed by atoms with Gasteiger partial charge < -0.3 is 0 Å². The second-order valence-corrected chi connectivity index (χ2v) is 15.4. The Morgan fingerprint density at radius 2 is 1.45 bits per heavy atom. The van der Waals surface area contributed by atoms with Crippen LogP contribution in [-0.4, -0.2) is 17.5 Å². The number of hydrogen-bond acceptors (Lipinski definition) is 0. The van der Waals surface area contributed by atoms with Crippen molar-refractivity contribution in [3.05, 3.63) is 0 Å². The molecule has 0 aliphatic heterocycles. The van der Waals surface area contributed by atoms with Crippen LogP contribution in [0.5, 0.6) is 0 Å². The third-order valence-electron chi connectivity index (χ3n) is 1.78. The van der Waals surface area contributed by atoms with Crippen LogP contribution in [0.3, 0.4) is 0 Å². The van der Waals surface area contributed by atoms with Crippen molar-refractivity contribution in [3.63, 3.8) is 0 Å². The van der Waals surface area contributed by atoms with Crippen molar-refractivity contribution in [1.29, 1.82) is 0 Å². The van der Waals surface area contributed by atoms with Crippen molar-refractivity contribution in [1.82, 2.24) is 0 Å². The van der Waals surface area contributed by atoms with Crippen molar-refractivity contribution in [3.8, 4) is 0 Å². The monoisotopic (exact) mass is 304 g/mol. The molecule has 0 bridgehead atoms. The summed E-state index contributed by atoms with van der Waals surface area (Å²) >= 11 is -1.87. The molecule has 0 amide bonds. The van der Waals surface area contributed by atoms with Crippen LogP contribution in [0.4, 0.5) is 0 Å². The van der Waals surface area contributed by atoms with Gasteiger partial charge in [0, 0.05) is 0 Å². The van der Waals surface area contributed by atoms with Crippen molar-refractivity contribution in [2.45, 2.75) is 49.9 Å². The molecule has 0 rings (SSSR count). The molecule has 0 aliphatic carbocycles. The van der Waals surface area contributed by atoms with Crippen molar-refractivity contribution < 1.29 is 0 Å². The Kier molecular flexibility index (Phi) is 10.7. The van der Waals surface area contributed by atoms with Gasteiger partial charge >= 0.3 is 85.2 Å². The van der Waals surface area contributed by atoms with E-state index in [9.17, 15) is 0 Å². The molecular weight excluding hydrogens is 286 g/mol. The number of halogens is 2. The minimum absolute atomic E-state index is 1.16. The summed E-state index contributed by atoms with van der Waals surface area (Å²) in [7, 11) is 11.6. The van der Waals surface area contributed by atoms with E-state index in [4.69, 9.17) is 17.8 Å². The van der Waals surface area contributed by atoms with Crippen LogP contribution in [0.2, 0.25) is 4.44 Å². The summed E-state index contributed by atoms with van der Waals surface area (Å²) in [5.41, 5.74) is 0. The summed E-state index contributed by atoms with van der Waals surface area (Å²) in [4.78, 5) is 0. The van der Waals surface area contributed by atoms with Gasteiger partial charge in [0.1, 0.15) is 0 Å². The van der Waals surface area contributed by atoms with E-state index in [0.29, 0.717) is 0 Å². The zero-order valence-corrected chi connectivity index (χ0v) is 12.1. The average Bonchev–Trinajstić information content (AvgIpc) is 1.96. The summed E-state index contributed by atoms with van der Waals surface area (Å²) in [5.74, 6) is 0. The molecule has 0 spiro atoms. The third kappa shape index (κ3) is 11.4. The van der Waals surface area contributed by atoms with Gasteiger partial charge in [-0.1, -0.05) is 0 Å². The number of rotatable bonds is 7. The molecule has 3 heteroatoms. The fourth-order valence-electron chi connectivity index (χ4n) is 1.08. The SMILES string of the molecule is CCCCCCC[CH2][SnH]([Cl])[Cl]. The summed E-state index contributed by atoms with van der Waals surface area (Å²) in [6.45, 7) is 2.24. The molecule has 0 fully saturated rings. The van der Waals surface area contributed by atoms with E-state index in [2.05, 4.69) is 6.92 Å². The molecule has 11 heavy (non-hydrogen) atoms. The second kappa shape index (κ2) is 9.47. The fourth-order valence-corrected chi connectivity index (χ4v) is 4.85. The van der Waals surface area contributed by atoms with E-state index >= 15 is 0 Å². The van der Waals surface area contributed by atoms with E-state index in [-0.39, 0.29) is 0 Å². The van der Waals surface area contributed by atoms with E-state index in [1.165, 1.54) is 38.5 Å². The van der Waals surface area contributed by atoms with Gasteiger partial charge in [0.25, 0.3) is 0 Å². The van der Waals surface area contributed by atoms with Crippen LogP contribution in [0.15, 0.2) is 0 Å². The molecule has 0 nitrogen and oxygen atoms in total. The molecular formula is C8H18Cl2Sn. The third-order valence-corrected chi connectivity index (χ3v) is 7.11. The van der Waals surface area contributed by atoms with Crippen LogP contribution in [0, 0.1) is 0 Å². The number of hydrogen-bond donors (Lipinski definition) is 0. The number of unbranched alkanes of at least 4 members (excludes halogenated alkanes) is 5.